The molecular formula is C17H11F6N5. The largest absolute Gasteiger partial charge is 0.453 e. The summed E-state index contributed by atoms with van der Waals surface area (Å²) in [5, 5.41) is 7.87. The predicted octanol–water partition coefficient (Wildman–Crippen LogP) is 4.72. The highest BCUT2D eigenvalue weighted by Gasteiger charge is 2.40. The summed E-state index contributed by atoms with van der Waals surface area (Å²) >= 11 is 0. The zero-order valence-electron chi connectivity index (χ0n) is 14.4. The van der Waals surface area contributed by atoms with E-state index in [1.165, 1.54) is 13.1 Å². The van der Waals surface area contributed by atoms with Crippen LogP contribution < -0.4 is 0 Å². The van der Waals surface area contributed by atoms with Gasteiger partial charge in [-0.3, -0.25) is 0 Å². The van der Waals surface area contributed by atoms with Crippen molar-refractivity contribution in [2.24, 2.45) is 0 Å². The van der Waals surface area contributed by atoms with Gasteiger partial charge in [-0.05, 0) is 31.0 Å². The number of halogens is 6. The van der Waals surface area contributed by atoms with Gasteiger partial charge in [-0.1, -0.05) is 18.2 Å². The van der Waals surface area contributed by atoms with Crippen molar-refractivity contribution >= 4 is 16.6 Å². The standard InChI is InChI=1S/C17H11F6N5/c1-8-4-3-5-10-7-24-27(12(8)10)14-11(16(18,19)20)6-9(2)13-25-15(17(21,22)23)26-28(13)14/h3-7H,1-2H3. The van der Waals surface area contributed by atoms with Crippen LogP contribution in [0.4, 0.5) is 26.3 Å². The van der Waals surface area contributed by atoms with Crippen molar-refractivity contribution in [1.82, 2.24) is 24.4 Å². The molecule has 11 heteroatoms. The highest BCUT2D eigenvalue weighted by Crippen LogP contribution is 2.37. The van der Waals surface area contributed by atoms with Crippen LogP contribution in [-0.4, -0.2) is 24.4 Å². The molecule has 3 aromatic heterocycles. The van der Waals surface area contributed by atoms with Gasteiger partial charge in [0.15, 0.2) is 11.5 Å². The number of benzene rings is 1. The van der Waals surface area contributed by atoms with Gasteiger partial charge in [-0.25, -0.2) is 9.67 Å². The number of rotatable bonds is 1. The Labute approximate surface area is 153 Å². The first-order valence-electron chi connectivity index (χ1n) is 7.97. The van der Waals surface area contributed by atoms with Crippen LogP contribution in [0, 0.1) is 13.8 Å². The molecule has 3 heterocycles. The normalized spacial score (nSPS) is 13.0. The Hall–Kier alpha value is -3.11. The van der Waals surface area contributed by atoms with Gasteiger partial charge in [0.2, 0.25) is 0 Å². The molecule has 28 heavy (non-hydrogen) atoms. The number of pyridine rings is 1. The molecule has 0 N–H and O–H groups in total. The van der Waals surface area contributed by atoms with E-state index in [9.17, 15) is 26.3 Å². The Morgan fingerprint density at radius 1 is 0.929 bits per heavy atom. The summed E-state index contributed by atoms with van der Waals surface area (Å²) in [6.07, 6.45) is -8.41. The minimum atomic E-state index is -4.91. The Bertz CT molecular complexity index is 1210. The van der Waals surface area contributed by atoms with Gasteiger partial charge in [0.05, 0.1) is 11.7 Å². The lowest BCUT2D eigenvalue weighted by Crippen LogP contribution is -2.17. The lowest BCUT2D eigenvalue weighted by atomic mass is 10.1. The minimum Gasteiger partial charge on any atom is -0.214 e. The number of nitrogens with zero attached hydrogens (tertiary/aromatic N) is 5. The minimum absolute atomic E-state index is 0.0905. The van der Waals surface area contributed by atoms with E-state index in [0.29, 0.717) is 21.0 Å². The molecule has 0 radical (unpaired) electrons. The maximum absolute atomic E-state index is 13.8. The highest BCUT2D eigenvalue weighted by atomic mass is 19.4. The lowest BCUT2D eigenvalue weighted by molar-refractivity contribution is -0.144. The summed E-state index contributed by atoms with van der Waals surface area (Å²) in [5.74, 6) is -2.18. The van der Waals surface area contributed by atoms with Crippen LogP contribution in [0.5, 0.6) is 0 Å². The molecular weight excluding hydrogens is 388 g/mol. The fourth-order valence-corrected chi connectivity index (χ4v) is 3.12. The van der Waals surface area contributed by atoms with Gasteiger partial charge in [0.1, 0.15) is 5.56 Å². The molecule has 1 aromatic carbocycles. The smallest absolute Gasteiger partial charge is 0.214 e. The Kier molecular flexibility index (Phi) is 3.71. The number of alkyl halides is 6. The second kappa shape index (κ2) is 5.69. The average Bonchev–Trinajstić information content (AvgIpc) is 3.19. The number of fused-ring (bicyclic) bond motifs is 2. The van der Waals surface area contributed by atoms with E-state index < -0.39 is 29.6 Å². The van der Waals surface area contributed by atoms with Crippen LogP contribution in [0.2, 0.25) is 0 Å². The van der Waals surface area contributed by atoms with Gasteiger partial charge < -0.3 is 0 Å². The molecule has 0 atom stereocenters. The van der Waals surface area contributed by atoms with Crippen molar-refractivity contribution < 1.29 is 26.3 Å². The molecule has 0 amide bonds. The van der Waals surface area contributed by atoms with Crippen molar-refractivity contribution in [3.8, 4) is 5.82 Å². The average molecular weight is 399 g/mol. The van der Waals surface area contributed by atoms with Crippen LogP contribution in [0.15, 0.2) is 30.5 Å². The third-order valence-corrected chi connectivity index (χ3v) is 4.31. The SMILES string of the molecule is Cc1cccc2cnn(-c3c(C(F)(F)F)cc(C)c4nc(C(F)(F)F)nn34)c12. The van der Waals surface area contributed by atoms with E-state index in [2.05, 4.69) is 15.2 Å². The van der Waals surface area contributed by atoms with Crippen molar-refractivity contribution in [3.63, 3.8) is 0 Å². The number of aryl methyl sites for hydroxylation is 2. The van der Waals surface area contributed by atoms with Crippen LogP contribution in [0.3, 0.4) is 0 Å². The van der Waals surface area contributed by atoms with E-state index in [-0.39, 0.29) is 11.2 Å². The monoisotopic (exact) mass is 399 g/mol. The van der Waals surface area contributed by atoms with Crippen LogP contribution in [-0.2, 0) is 12.4 Å². The van der Waals surface area contributed by atoms with Gasteiger partial charge in [-0.15, -0.1) is 5.10 Å². The summed E-state index contributed by atoms with van der Waals surface area (Å²) in [4.78, 5) is 3.40. The van der Waals surface area contributed by atoms with E-state index >= 15 is 0 Å². The Morgan fingerprint density at radius 2 is 1.64 bits per heavy atom. The molecule has 5 nitrogen and oxygen atoms in total. The van der Waals surface area contributed by atoms with E-state index in [1.54, 1.807) is 25.1 Å². The molecule has 0 aliphatic rings. The topological polar surface area (TPSA) is 48.0 Å². The number of hydrogen-bond acceptors (Lipinski definition) is 3. The van der Waals surface area contributed by atoms with E-state index in [1.807, 2.05) is 0 Å². The first kappa shape index (κ1) is 18.3. The van der Waals surface area contributed by atoms with Gasteiger partial charge in [-0.2, -0.15) is 36.0 Å². The molecule has 0 fully saturated rings. The lowest BCUT2D eigenvalue weighted by Gasteiger charge is -2.16. The van der Waals surface area contributed by atoms with Crippen molar-refractivity contribution in [2.45, 2.75) is 26.2 Å². The Morgan fingerprint density at radius 3 is 2.29 bits per heavy atom. The second-order valence-electron chi connectivity index (χ2n) is 6.30. The summed E-state index contributed by atoms with van der Waals surface area (Å²) in [7, 11) is 0. The third-order valence-electron chi connectivity index (χ3n) is 4.31. The van der Waals surface area contributed by atoms with E-state index in [0.717, 1.165) is 10.7 Å². The van der Waals surface area contributed by atoms with Crippen LogP contribution in [0.1, 0.15) is 22.5 Å². The van der Waals surface area contributed by atoms with Gasteiger partial charge in [0.25, 0.3) is 5.82 Å². The second-order valence-corrected chi connectivity index (χ2v) is 6.30. The van der Waals surface area contributed by atoms with Crippen molar-refractivity contribution in [2.75, 3.05) is 0 Å². The van der Waals surface area contributed by atoms with Crippen molar-refractivity contribution in [3.05, 3.63) is 53.0 Å². The number of hydrogen-bond donors (Lipinski definition) is 0. The molecule has 0 unspecified atom stereocenters. The van der Waals surface area contributed by atoms with Gasteiger partial charge in [0, 0.05) is 5.39 Å². The summed E-state index contributed by atoms with van der Waals surface area (Å²) in [6, 6.07) is 5.77. The summed E-state index contributed by atoms with van der Waals surface area (Å²) in [5.41, 5.74) is -0.639. The van der Waals surface area contributed by atoms with Gasteiger partial charge >= 0.3 is 12.4 Å². The molecule has 0 spiro atoms. The molecule has 0 bridgehead atoms. The molecule has 0 saturated heterocycles. The molecule has 146 valence electrons. The fourth-order valence-electron chi connectivity index (χ4n) is 3.12. The maximum atomic E-state index is 13.8. The Balaban J connectivity index is 2.19. The molecule has 0 saturated carbocycles. The van der Waals surface area contributed by atoms with Crippen molar-refractivity contribution in [1.29, 1.82) is 0 Å². The fraction of sp³-hybridized carbons (Fsp3) is 0.235. The van der Waals surface area contributed by atoms with E-state index in [4.69, 9.17) is 0 Å². The maximum Gasteiger partial charge on any atom is 0.453 e. The molecule has 0 aliphatic carbocycles. The highest BCUT2D eigenvalue weighted by molar-refractivity contribution is 5.83. The zero-order chi connectivity index (χ0) is 20.4. The van der Waals surface area contributed by atoms with Crippen LogP contribution >= 0.6 is 0 Å². The molecule has 4 rings (SSSR count). The third kappa shape index (κ3) is 2.69. The zero-order valence-corrected chi connectivity index (χ0v) is 14.4. The first-order chi connectivity index (χ1) is 13.0. The number of para-hydroxylation sites is 1. The summed E-state index contributed by atoms with van der Waals surface area (Å²) < 4.78 is 82.1. The molecule has 4 aromatic rings. The predicted molar refractivity (Wildman–Crippen MR) is 87.1 cm³/mol. The van der Waals surface area contributed by atoms with Crippen LogP contribution in [0.25, 0.3) is 22.4 Å². The molecule has 0 aliphatic heterocycles. The quantitative estimate of drug-likeness (QED) is 0.435. The summed E-state index contributed by atoms with van der Waals surface area (Å²) in [6.45, 7) is 2.91. The first-order valence-corrected chi connectivity index (χ1v) is 7.97. The number of aromatic nitrogens is 5.